The van der Waals surface area contributed by atoms with Gasteiger partial charge in [0.2, 0.25) is 11.7 Å². The molecule has 226 valence electrons. The zero-order valence-electron chi connectivity index (χ0n) is 22.7. The maximum atomic E-state index is 12.9. The molecular weight excluding hydrogens is 620 g/mol. The number of thioether (sulfide) groups is 1. The van der Waals surface area contributed by atoms with Gasteiger partial charge in [0, 0.05) is 11.8 Å². The van der Waals surface area contributed by atoms with Crippen LogP contribution >= 0.6 is 23.4 Å². The minimum absolute atomic E-state index is 0.0504. The number of carbonyl (C=O) groups excluding carboxylic acids is 4. The lowest BCUT2D eigenvalue weighted by atomic mass is 10.2. The topological polar surface area (TPSA) is 188 Å². The third kappa shape index (κ3) is 7.56. The van der Waals surface area contributed by atoms with Crippen molar-refractivity contribution in [2.24, 2.45) is 0 Å². The summed E-state index contributed by atoms with van der Waals surface area (Å²) >= 11 is 6.71. The summed E-state index contributed by atoms with van der Waals surface area (Å²) in [5, 5.41) is 24.3. The van der Waals surface area contributed by atoms with Crippen LogP contribution in [0.25, 0.3) is 6.08 Å². The molecule has 44 heavy (non-hydrogen) atoms. The molecule has 1 aliphatic heterocycles. The molecule has 3 aromatic rings. The molecule has 1 N–H and O–H groups in total. The van der Waals surface area contributed by atoms with Gasteiger partial charge in [-0.25, -0.2) is 4.79 Å². The lowest BCUT2D eigenvalue weighted by Crippen LogP contribution is -2.36. The fourth-order valence-electron chi connectivity index (χ4n) is 3.77. The molecule has 4 rings (SSSR count). The first kappa shape index (κ1) is 31.7. The lowest BCUT2D eigenvalue weighted by Gasteiger charge is -2.13. The van der Waals surface area contributed by atoms with Crippen LogP contribution in [0.15, 0.2) is 65.6 Å². The molecule has 0 aliphatic carbocycles. The van der Waals surface area contributed by atoms with Crippen molar-refractivity contribution in [3.63, 3.8) is 0 Å². The van der Waals surface area contributed by atoms with Crippen LogP contribution in [-0.2, 0) is 14.3 Å². The van der Waals surface area contributed by atoms with Gasteiger partial charge in [0.15, 0.2) is 0 Å². The van der Waals surface area contributed by atoms with Gasteiger partial charge in [-0.3, -0.25) is 39.5 Å². The Morgan fingerprint density at radius 1 is 1.02 bits per heavy atom. The molecule has 1 saturated heterocycles. The van der Waals surface area contributed by atoms with Crippen LogP contribution in [0.1, 0.15) is 29.3 Å². The number of nitro groups is 2. The Labute approximate surface area is 257 Å². The average molecular weight is 641 g/mol. The number of rotatable bonds is 11. The number of imide groups is 1. The Hall–Kier alpha value is -5.28. The van der Waals surface area contributed by atoms with E-state index in [2.05, 4.69) is 5.32 Å². The quantitative estimate of drug-likeness (QED) is 0.109. The minimum Gasteiger partial charge on any atom is -0.462 e. The molecule has 3 aromatic carbocycles. The number of carbonyl (C=O) groups is 4. The summed E-state index contributed by atoms with van der Waals surface area (Å²) in [6.45, 7) is 1.45. The molecule has 0 aromatic heterocycles. The number of nitrogens with zero attached hydrogens (tertiary/aromatic N) is 3. The molecule has 0 atom stereocenters. The molecule has 0 spiro atoms. The SMILES string of the molecule is CCCOC(=O)c1cc(NC(=O)CN2C(=O)S/C(=C/c3ccc(Oc4ccc([N+](=O)[O-])cc4[N+](=O)[O-])cc3)C2=O)ccc1Cl. The first-order valence-corrected chi connectivity index (χ1v) is 13.9. The number of esters is 1. The van der Waals surface area contributed by atoms with Gasteiger partial charge < -0.3 is 14.8 Å². The molecule has 1 aliphatic rings. The number of amides is 3. The average Bonchev–Trinajstić information content (AvgIpc) is 3.24. The molecule has 14 nitrogen and oxygen atoms in total. The molecule has 0 unspecified atom stereocenters. The minimum atomic E-state index is -0.801. The number of benzene rings is 3. The van der Waals surface area contributed by atoms with Crippen molar-refractivity contribution < 1.29 is 38.5 Å². The van der Waals surface area contributed by atoms with Crippen molar-refractivity contribution in [3.8, 4) is 11.5 Å². The number of hydrogen-bond donors (Lipinski definition) is 1. The van der Waals surface area contributed by atoms with E-state index in [4.69, 9.17) is 21.1 Å². The van der Waals surface area contributed by atoms with Crippen LogP contribution in [0.4, 0.5) is 21.9 Å². The zero-order valence-corrected chi connectivity index (χ0v) is 24.3. The van der Waals surface area contributed by atoms with Crippen LogP contribution in [-0.4, -0.2) is 50.9 Å². The van der Waals surface area contributed by atoms with Crippen LogP contribution in [0.2, 0.25) is 5.02 Å². The molecule has 0 radical (unpaired) electrons. The van der Waals surface area contributed by atoms with Crippen LogP contribution in [0.3, 0.4) is 0 Å². The highest BCUT2D eigenvalue weighted by Gasteiger charge is 2.36. The number of ether oxygens (including phenoxy) is 2. The number of anilines is 1. The van der Waals surface area contributed by atoms with Crippen molar-refractivity contribution >= 4 is 69.5 Å². The van der Waals surface area contributed by atoms with Gasteiger partial charge in [0.1, 0.15) is 12.3 Å². The van der Waals surface area contributed by atoms with Gasteiger partial charge in [-0.05, 0) is 66.2 Å². The fourth-order valence-corrected chi connectivity index (χ4v) is 4.80. The van der Waals surface area contributed by atoms with Crippen LogP contribution in [0.5, 0.6) is 11.5 Å². The lowest BCUT2D eigenvalue weighted by molar-refractivity contribution is -0.394. The molecule has 1 fully saturated rings. The van der Waals surface area contributed by atoms with E-state index in [0.29, 0.717) is 23.7 Å². The van der Waals surface area contributed by atoms with Crippen molar-refractivity contribution in [1.82, 2.24) is 4.90 Å². The highest BCUT2D eigenvalue weighted by Crippen LogP contribution is 2.35. The molecular formula is C28H21ClN4O10S. The van der Waals surface area contributed by atoms with Gasteiger partial charge in [0.25, 0.3) is 16.8 Å². The summed E-state index contributed by atoms with van der Waals surface area (Å²) in [6.07, 6.45) is 2.04. The van der Waals surface area contributed by atoms with Gasteiger partial charge >= 0.3 is 11.7 Å². The second kappa shape index (κ2) is 13.8. The van der Waals surface area contributed by atoms with E-state index in [1.54, 1.807) is 0 Å². The number of non-ortho nitro benzene ring substituents is 1. The second-order valence-electron chi connectivity index (χ2n) is 8.98. The fraction of sp³-hybridized carbons (Fsp3) is 0.143. The highest BCUT2D eigenvalue weighted by molar-refractivity contribution is 8.18. The van der Waals surface area contributed by atoms with E-state index >= 15 is 0 Å². The van der Waals surface area contributed by atoms with Crippen molar-refractivity contribution in [2.45, 2.75) is 13.3 Å². The Bertz CT molecular complexity index is 1710. The summed E-state index contributed by atoms with van der Waals surface area (Å²) < 4.78 is 10.6. The summed E-state index contributed by atoms with van der Waals surface area (Å²) in [6, 6.07) is 13.1. The Morgan fingerprint density at radius 3 is 2.41 bits per heavy atom. The molecule has 16 heteroatoms. The summed E-state index contributed by atoms with van der Waals surface area (Å²) in [4.78, 5) is 71.8. The number of halogens is 1. The predicted molar refractivity (Wildman–Crippen MR) is 160 cm³/mol. The van der Waals surface area contributed by atoms with E-state index in [1.165, 1.54) is 48.5 Å². The van der Waals surface area contributed by atoms with E-state index in [1.807, 2.05) is 6.92 Å². The standard InChI is InChI=1S/C28H21ClN4O10S/c1-2-11-42-27(36)20-13-17(5-9-21(20)29)30-25(34)15-31-26(35)24(44-28(31)37)12-16-3-7-19(8-4-16)43-23-10-6-18(32(38)39)14-22(23)33(40)41/h3-10,12-14H,2,11,15H2,1H3,(H,30,34)/b24-12+. The second-order valence-corrected chi connectivity index (χ2v) is 10.4. The van der Waals surface area contributed by atoms with Gasteiger partial charge in [0.05, 0.1) is 38.0 Å². The highest BCUT2D eigenvalue weighted by atomic mass is 35.5. The first-order chi connectivity index (χ1) is 21.0. The van der Waals surface area contributed by atoms with Crippen molar-refractivity contribution in [3.05, 3.63) is 102 Å². The monoisotopic (exact) mass is 640 g/mol. The predicted octanol–water partition coefficient (Wildman–Crippen LogP) is 6.19. The Morgan fingerprint density at radius 2 is 1.75 bits per heavy atom. The van der Waals surface area contributed by atoms with E-state index in [9.17, 15) is 39.4 Å². The number of nitrogens with one attached hydrogen (secondary N) is 1. The van der Waals surface area contributed by atoms with E-state index in [0.717, 1.165) is 23.1 Å². The molecule has 0 bridgehead atoms. The van der Waals surface area contributed by atoms with Crippen LogP contribution < -0.4 is 10.1 Å². The van der Waals surface area contributed by atoms with Crippen LogP contribution in [0, 0.1) is 20.2 Å². The zero-order chi connectivity index (χ0) is 32.0. The van der Waals surface area contributed by atoms with E-state index < -0.39 is 50.8 Å². The Kier molecular flexibility index (Phi) is 9.92. The first-order valence-electron chi connectivity index (χ1n) is 12.7. The third-order valence-corrected chi connectivity index (χ3v) is 7.08. The third-order valence-electron chi connectivity index (χ3n) is 5.84. The smallest absolute Gasteiger partial charge is 0.339 e. The number of nitro benzene ring substituents is 2. The Balaban J connectivity index is 1.41. The molecule has 0 saturated carbocycles. The summed E-state index contributed by atoms with van der Waals surface area (Å²) in [5.74, 6) is -2.08. The molecule has 1 heterocycles. The maximum Gasteiger partial charge on any atom is 0.339 e. The van der Waals surface area contributed by atoms with Crippen molar-refractivity contribution in [1.29, 1.82) is 0 Å². The maximum absolute atomic E-state index is 12.9. The largest absolute Gasteiger partial charge is 0.462 e. The molecule has 3 amide bonds. The van der Waals surface area contributed by atoms with Gasteiger partial charge in [-0.1, -0.05) is 30.7 Å². The van der Waals surface area contributed by atoms with E-state index in [-0.39, 0.29) is 39.3 Å². The van der Waals surface area contributed by atoms with Gasteiger partial charge in [-0.15, -0.1) is 0 Å². The summed E-state index contributed by atoms with van der Waals surface area (Å²) in [5.41, 5.74) is -0.309. The number of hydrogen-bond acceptors (Lipinski definition) is 11. The van der Waals surface area contributed by atoms with Crippen molar-refractivity contribution in [2.75, 3.05) is 18.5 Å². The normalized spacial score (nSPS) is 13.6. The van der Waals surface area contributed by atoms with Gasteiger partial charge in [-0.2, -0.15) is 0 Å². The summed E-state index contributed by atoms with van der Waals surface area (Å²) in [7, 11) is 0.